The van der Waals surface area contributed by atoms with Crippen molar-refractivity contribution < 1.29 is 13.2 Å². The first kappa shape index (κ1) is 17.3. The molecule has 0 N–H and O–H groups in total. The first-order chi connectivity index (χ1) is 11.9. The Labute approximate surface area is 151 Å². The lowest BCUT2D eigenvalue weighted by atomic mass is 9.75. The minimum absolute atomic E-state index is 0.141. The zero-order chi connectivity index (χ0) is 17.8. The summed E-state index contributed by atoms with van der Waals surface area (Å²) in [6.07, 6.45) is 2.25. The van der Waals surface area contributed by atoms with Crippen LogP contribution in [0.4, 0.5) is 0 Å². The van der Waals surface area contributed by atoms with Crippen molar-refractivity contribution >= 4 is 10.0 Å². The Morgan fingerprint density at radius 2 is 1.72 bits per heavy atom. The predicted molar refractivity (Wildman–Crippen MR) is 98.4 cm³/mol. The van der Waals surface area contributed by atoms with Crippen LogP contribution in [0.5, 0.6) is 5.75 Å². The summed E-state index contributed by atoms with van der Waals surface area (Å²) in [7, 11) is -1.57. The average Bonchev–Trinajstić information content (AvgIpc) is 3.06. The van der Waals surface area contributed by atoms with Crippen LogP contribution >= 0.6 is 0 Å². The molecule has 1 aromatic carbocycles. The van der Waals surface area contributed by atoms with Gasteiger partial charge in [0.15, 0.2) is 0 Å². The van der Waals surface area contributed by atoms with Gasteiger partial charge in [0.1, 0.15) is 5.75 Å². The number of benzene rings is 1. The minimum atomic E-state index is -3.24. The van der Waals surface area contributed by atoms with Gasteiger partial charge in [-0.05, 0) is 63.4 Å². The Morgan fingerprint density at radius 3 is 2.28 bits per heavy atom. The zero-order valence-electron chi connectivity index (χ0n) is 15.3. The van der Waals surface area contributed by atoms with Gasteiger partial charge in [0.25, 0.3) is 0 Å². The molecule has 4 aliphatic heterocycles. The lowest BCUT2D eigenvalue weighted by Crippen LogP contribution is -2.61. The molecule has 4 aliphatic rings. The van der Waals surface area contributed by atoms with Gasteiger partial charge in [-0.2, -0.15) is 4.31 Å². The van der Waals surface area contributed by atoms with Crippen LogP contribution in [-0.4, -0.2) is 61.7 Å². The molecule has 0 spiro atoms. The maximum absolute atomic E-state index is 13.0. The van der Waals surface area contributed by atoms with E-state index in [-0.39, 0.29) is 17.2 Å². The number of piperidine rings is 3. The Bertz CT molecular complexity index is 724. The molecule has 138 valence electrons. The van der Waals surface area contributed by atoms with Crippen molar-refractivity contribution in [2.45, 2.75) is 49.9 Å². The van der Waals surface area contributed by atoms with Gasteiger partial charge in [0.05, 0.1) is 12.4 Å². The van der Waals surface area contributed by atoms with E-state index in [2.05, 4.69) is 17.0 Å². The Morgan fingerprint density at radius 1 is 1.08 bits per heavy atom. The molecule has 2 bridgehead atoms. The molecule has 5 nitrogen and oxygen atoms in total. The summed E-state index contributed by atoms with van der Waals surface area (Å²) in [5.41, 5.74) is 1.23. The molecule has 0 aromatic heterocycles. The third-order valence-electron chi connectivity index (χ3n) is 6.42. The number of fused-ring (bicyclic) bond motifs is 2. The van der Waals surface area contributed by atoms with Gasteiger partial charge in [-0.25, -0.2) is 8.42 Å². The van der Waals surface area contributed by atoms with Crippen molar-refractivity contribution in [1.29, 1.82) is 0 Å². The largest absolute Gasteiger partial charge is 0.497 e. The zero-order valence-corrected chi connectivity index (χ0v) is 16.1. The van der Waals surface area contributed by atoms with Crippen molar-refractivity contribution in [3.63, 3.8) is 0 Å². The first-order valence-electron chi connectivity index (χ1n) is 9.32. The molecule has 4 heterocycles. The van der Waals surface area contributed by atoms with Gasteiger partial charge in [-0.15, -0.1) is 0 Å². The predicted octanol–water partition coefficient (Wildman–Crippen LogP) is 2.30. The molecule has 0 aliphatic carbocycles. The standard InChI is InChI=1S/C19H28N2O3S/c1-13(2)25(22,23)21-12-17(14-4-6-16(24-3)7-5-14)19-18(21)15-8-10-20(19)11-9-15/h4-7,13,15,17-19H,8-12H2,1-3H3/t17-,18+,19+/m1/s1. The van der Waals surface area contributed by atoms with Gasteiger partial charge in [-0.1, -0.05) is 12.1 Å². The molecule has 5 rings (SSSR count). The monoisotopic (exact) mass is 364 g/mol. The van der Waals surface area contributed by atoms with Crippen LogP contribution in [0.2, 0.25) is 0 Å². The van der Waals surface area contributed by atoms with Crippen molar-refractivity contribution in [1.82, 2.24) is 9.21 Å². The number of hydrogen-bond acceptors (Lipinski definition) is 4. The summed E-state index contributed by atoms with van der Waals surface area (Å²) in [6.45, 7) is 6.41. The topological polar surface area (TPSA) is 49.9 Å². The second-order valence-electron chi connectivity index (χ2n) is 7.90. The van der Waals surface area contributed by atoms with E-state index >= 15 is 0 Å². The van der Waals surface area contributed by atoms with E-state index < -0.39 is 10.0 Å². The molecule has 25 heavy (non-hydrogen) atoms. The summed E-state index contributed by atoms with van der Waals surface area (Å²) in [6, 6.07) is 8.64. The number of nitrogens with zero attached hydrogens (tertiary/aromatic N) is 2. The maximum Gasteiger partial charge on any atom is 0.216 e. The van der Waals surface area contributed by atoms with Crippen molar-refractivity contribution in [3.05, 3.63) is 29.8 Å². The number of ether oxygens (including phenoxy) is 1. The van der Waals surface area contributed by atoms with Crippen molar-refractivity contribution in [3.8, 4) is 5.75 Å². The van der Waals surface area contributed by atoms with Crippen LogP contribution in [0.1, 0.15) is 38.2 Å². The molecule has 0 saturated carbocycles. The molecule has 4 saturated heterocycles. The van der Waals surface area contributed by atoms with Crippen LogP contribution in [-0.2, 0) is 10.0 Å². The molecular formula is C19H28N2O3S. The summed E-state index contributed by atoms with van der Waals surface area (Å²) in [4.78, 5) is 2.54. The lowest BCUT2D eigenvalue weighted by Gasteiger charge is -2.51. The van der Waals surface area contributed by atoms with Gasteiger partial charge >= 0.3 is 0 Å². The average molecular weight is 365 g/mol. The minimum Gasteiger partial charge on any atom is -0.497 e. The summed E-state index contributed by atoms with van der Waals surface area (Å²) < 4.78 is 33.2. The highest BCUT2D eigenvalue weighted by Gasteiger charge is 2.56. The van der Waals surface area contributed by atoms with Crippen LogP contribution in [0.15, 0.2) is 24.3 Å². The fourth-order valence-electron chi connectivity index (χ4n) is 5.07. The van der Waals surface area contributed by atoms with Crippen LogP contribution in [0.3, 0.4) is 0 Å². The highest BCUT2D eigenvalue weighted by molar-refractivity contribution is 7.89. The van der Waals surface area contributed by atoms with Crippen molar-refractivity contribution in [2.75, 3.05) is 26.7 Å². The molecule has 0 unspecified atom stereocenters. The SMILES string of the molecule is COc1ccc([C@H]2CN(S(=O)(=O)C(C)C)[C@H]3C4CCN(CC4)[C@@H]23)cc1. The summed E-state index contributed by atoms with van der Waals surface area (Å²) in [5.74, 6) is 1.59. The fourth-order valence-corrected chi connectivity index (χ4v) is 6.62. The quantitative estimate of drug-likeness (QED) is 0.823. The maximum atomic E-state index is 13.0. The van der Waals surface area contributed by atoms with E-state index in [9.17, 15) is 8.42 Å². The van der Waals surface area contributed by atoms with Gasteiger partial charge in [0.2, 0.25) is 10.0 Å². The molecule has 3 atom stereocenters. The third-order valence-corrected chi connectivity index (χ3v) is 8.65. The second-order valence-corrected chi connectivity index (χ2v) is 10.3. The molecule has 0 amide bonds. The molecule has 1 aromatic rings. The summed E-state index contributed by atoms with van der Waals surface area (Å²) >= 11 is 0. The van der Waals surface area contributed by atoms with E-state index in [1.807, 2.05) is 16.4 Å². The van der Waals surface area contributed by atoms with E-state index in [1.54, 1.807) is 21.0 Å². The summed E-state index contributed by atoms with van der Waals surface area (Å²) in [5, 5.41) is -0.363. The molecular weight excluding hydrogens is 336 g/mol. The number of rotatable bonds is 4. The number of methoxy groups -OCH3 is 1. The van der Waals surface area contributed by atoms with Gasteiger partial charge < -0.3 is 4.74 Å². The first-order valence-corrected chi connectivity index (χ1v) is 10.8. The normalized spacial score (nSPS) is 35.1. The number of hydrogen-bond donors (Lipinski definition) is 0. The smallest absolute Gasteiger partial charge is 0.216 e. The highest BCUT2D eigenvalue weighted by Crippen LogP contribution is 2.48. The van der Waals surface area contributed by atoms with E-state index in [0.717, 1.165) is 31.7 Å². The Balaban J connectivity index is 1.73. The van der Waals surface area contributed by atoms with Crippen LogP contribution in [0, 0.1) is 5.92 Å². The Kier molecular flexibility index (Phi) is 4.33. The van der Waals surface area contributed by atoms with E-state index in [0.29, 0.717) is 18.5 Å². The van der Waals surface area contributed by atoms with E-state index in [1.165, 1.54) is 5.56 Å². The van der Waals surface area contributed by atoms with Crippen LogP contribution in [0.25, 0.3) is 0 Å². The third kappa shape index (κ3) is 2.69. The van der Waals surface area contributed by atoms with Gasteiger partial charge in [0, 0.05) is 24.5 Å². The van der Waals surface area contributed by atoms with Crippen LogP contribution < -0.4 is 4.74 Å². The highest BCUT2D eigenvalue weighted by atomic mass is 32.2. The fraction of sp³-hybridized carbons (Fsp3) is 0.684. The lowest BCUT2D eigenvalue weighted by molar-refractivity contribution is 0.0121. The molecule has 0 radical (unpaired) electrons. The molecule has 6 heteroatoms. The van der Waals surface area contributed by atoms with Gasteiger partial charge in [-0.3, -0.25) is 4.90 Å². The van der Waals surface area contributed by atoms with E-state index in [4.69, 9.17) is 4.74 Å². The second kappa shape index (κ2) is 6.25. The molecule has 4 fully saturated rings. The Hall–Kier alpha value is -1.11. The van der Waals surface area contributed by atoms with Crippen molar-refractivity contribution in [2.24, 2.45) is 5.92 Å². The number of sulfonamides is 1.